The molecule has 0 saturated heterocycles. The molecule has 0 heterocycles. The average molecular weight is 452 g/mol. The van der Waals surface area contributed by atoms with Crippen molar-refractivity contribution in [1.82, 2.24) is 0 Å². The first-order valence-corrected chi connectivity index (χ1v) is 13.1. The highest BCUT2D eigenvalue weighted by molar-refractivity contribution is 5.47. The standard InChI is InChI=1S/C30H45NO2/c1-5-30(6-2,27-13-14-28(24(4)22-27)33-20-9-7-8-19-31)26-12-11-25(23(3)21-26)15-18-29(32)16-10-17-29/h11-14,21-22,32H,5-10,15-20,31H2,1-4H3. The molecule has 0 bridgehead atoms. The molecule has 1 saturated carbocycles. The lowest BCUT2D eigenvalue weighted by molar-refractivity contribution is -0.0398. The Bertz CT molecular complexity index is 896. The van der Waals surface area contributed by atoms with Crippen LogP contribution in [0, 0.1) is 13.8 Å². The molecule has 2 aromatic carbocycles. The highest BCUT2D eigenvalue weighted by Crippen LogP contribution is 2.41. The van der Waals surface area contributed by atoms with E-state index in [1.165, 1.54) is 34.2 Å². The van der Waals surface area contributed by atoms with E-state index in [2.05, 4.69) is 64.1 Å². The lowest BCUT2D eigenvalue weighted by Crippen LogP contribution is -2.37. The van der Waals surface area contributed by atoms with Crippen LogP contribution in [0.15, 0.2) is 36.4 Å². The predicted octanol–water partition coefficient (Wildman–Crippen LogP) is 6.76. The lowest BCUT2D eigenvalue weighted by atomic mass is 9.69. The van der Waals surface area contributed by atoms with Gasteiger partial charge in [-0.1, -0.05) is 44.2 Å². The highest BCUT2D eigenvalue weighted by atomic mass is 16.5. The van der Waals surface area contributed by atoms with Crippen molar-refractivity contribution in [3.8, 4) is 5.75 Å². The minimum atomic E-state index is -0.409. The number of unbranched alkanes of at least 4 members (excludes halogenated alkanes) is 2. The third-order valence-electron chi connectivity index (χ3n) is 8.08. The van der Waals surface area contributed by atoms with E-state index in [1.807, 2.05) is 0 Å². The molecule has 3 nitrogen and oxygen atoms in total. The topological polar surface area (TPSA) is 55.5 Å². The molecule has 0 aromatic heterocycles. The lowest BCUT2D eigenvalue weighted by Gasteiger charge is -2.37. The van der Waals surface area contributed by atoms with E-state index < -0.39 is 5.60 Å². The minimum Gasteiger partial charge on any atom is -0.493 e. The fourth-order valence-corrected chi connectivity index (χ4v) is 5.42. The average Bonchev–Trinajstić information content (AvgIpc) is 2.79. The Morgan fingerprint density at radius 3 is 2.15 bits per heavy atom. The molecule has 3 heteroatoms. The van der Waals surface area contributed by atoms with Crippen LogP contribution in [0.25, 0.3) is 0 Å². The maximum Gasteiger partial charge on any atom is 0.122 e. The highest BCUT2D eigenvalue weighted by Gasteiger charge is 2.34. The monoisotopic (exact) mass is 451 g/mol. The van der Waals surface area contributed by atoms with Gasteiger partial charge >= 0.3 is 0 Å². The molecule has 0 spiro atoms. The molecule has 0 radical (unpaired) electrons. The molecule has 182 valence electrons. The predicted molar refractivity (Wildman–Crippen MR) is 139 cm³/mol. The van der Waals surface area contributed by atoms with Gasteiger partial charge < -0.3 is 15.6 Å². The Balaban J connectivity index is 1.77. The Kier molecular flexibility index (Phi) is 9.01. The minimum absolute atomic E-state index is 0.000119. The molecule has 0 unspecified atom stereocenters. The van der Waals surface area contributed by atoms with Crippen LogP contribution in [0.3, 0.4) is 0 Å². The molecule has 0 aliphatic heterocycles. The van der Waals surface area contributed by atoms with Crippen molar-refractivity contribution in [1.29, 1.82) is 0 Å². The van der Waals surface area contributed by atoms with Crippen LogP contribution in [0.4, 0.5) is 0 Å². The van der Waals surface area contributed by atoms with Crippen LogP contribution >= 0.6 is 0 Å². The van der Waals surface area contributed by atoms with Crippen LogP contribution in [-0.2, 0) is 11.8 Å². The molecule has 3 N–H and O–H groups in total. The first kappa shape index (κ1) is 25.8. The number of nitrogens with two attached hydrogens (primary N) is 1. The van der Waals surface area contributed by atoms with Crippen LogP contribution < -0.4 is 10.5 Å². The summed E-state index contributed by atoms with van der Waals surface area (Å²) in [4.78, 5) is 0. The van der Waals surface area contributed by atoms with E-state index in [0.717, 1.165) is 76.7 Å². The molecule has 0 atom stereocenters. The van der Waals surface area contributed by atoms with Gasteiger partial charge in [-0.05, 0) is 118 Å². The second kappa shape index (κ2) is 11.5. The van der Waals surface area contributed by atoms with Gasteiger partial charge in [-0.2, -0.15) is 0 Å². The van der Waals surface area contributed by atoms with E-state index in [9.17, 15) is 5.11 Å². The molecule has 1 fully saturated rings. The second-order valence-corrected chi connectivity index (χ2v) is 10.2. The maximum atomic E-state index is 10.5. The van der Waals surface area contributed by atoms with Crippen LogP contribution in [-0.4, -0.2) is 23.9 Å². The molecular weight excluding hydrogens is 406 g/mol. The van der Waals surface area contributed by atoms with E-state index in [4.69, 9.17) is 10.5 Å². The number of ether oxygens (including phenoxy) is 1. The van der Waals surface area contributed by atoms with E-state index in [-0.39, 0.29) is 5.41 Å². The third kappa shape index (κ3) is 6.00. The van der Waals surface area contributed by atoms with E-state index >= 15 is 0 Å². The summed E-state index contributed by atoms with van der Waals surface area (Å²) in [6, 6.07) is 13.8. The zero-order valence-electron chi connectivity index (χ0n) is 21.4. The quantitative estimate of drug-likeness (QED) is 0.331. The zero-order valence-corrected chi connectivity index (χ0v) is 21.4. The van der Waals surface area contributed by atoms with Gasteiger partial charge in [0.25, 0.3) is 0 Å². The zero-order chi connectivity index (χ0) is 23.9. The molecule has 33 heavy (non-hydrogen) atoms. The summed E-state index contributed by atoms with van der Waals surface area (Å²) in [5.41, 5.74) is 11.9. The summed E-state index contributed by atoms with van der Waals surface area (Å²) in [7, 11) is 0. The molecule has 2 aromatic rings. The number of benzene rings is 2. The van der Waals surface area contributed by atoms with Gasteiger partial charge in [0, 0.05) is 5.41 Å². The van der Waals surface area contributed by atoms with Crippen molar-refractivity contribution in [2.75, 3.05) is 13.2 Å². The number of hydrogen-bond acceptors (Lipinski definition) is 3. The molecule has 0 amide bonds. The summed E-state index contributed by atoms with van der Waals surface area (Å²) in [5.74, 6) is 0.994. The van der Waals surface area contributed by atoms with Crippen LogP contribution in [0.5, 0.6) is 5.75 Å². The first-order valence-electron chi connectivity index (χ1n) is 13.1. The van der Waals surface area contributed by atoms with Crippen molar-refractivity contribution in [3.63, 3.8) is 0 Å². The number of hydrogen-bond donors (Lipinski definition) is 2. The van der Waals surface area contributed by atoms with Crippen molar-refractivity contribution >= 4 is 0 Å². The molecular formula is C30H45NO2. The van der Waals surface area contributed by atoms with Gasteiger partial charge in [0.2, 0.25) is 0 Å². The number of aliphatic hydroxyl groups is 1. The van der Waals surface area contributed by atoms with Crippen molar-refractivity contribution in [2.24, 2.45) is 5.73 Å². The van der Waals surface area contributed by atoms with Crippen molar-refractivity contribution < 1.29 is 9.84 Å². The normalized spacial score (nSPS) is 15.3. The molecule has 1 aliphatic carbocycles. The fourth-order valence-electron chi connectivity index (χ4n) is 5.42. The Labute approximate surface area is 201 Å². The largest absolute Gasteiger partial charge is 0.493 e. The van der Waals surface area contributed by atoms with Crippen molar-refractivity contribution in [3.05, 3.63) is 64.2 Å². The van der Waals surface area contributed by atoms with Crippen LogP contribution in [0.2, 0.25) is 0 Å². The SMILES string of the molecule is CCC(CC)(c1ccc(CCC2(O)CCC2)c(C)c1)c1ccc(OCCCCCN)c(C)c1. The fraction of sp³-hybridized carbons (Fsp3) is 0.600. The Morgan fingerprint density at radius 2 is 1.61 bits per heavy atom. The van der Waals surface area contributed by atoms with Gasteiger partial charge in [0.1, 0.15) is 5.75 Å². The number of rotatable bonds is 13. The molecule has 3 rings (SSSR count). The summed E-state index contributed by atoms with van der Waals surface area (Å²) in [6.07, 6.45) is 10.3. The van der Waals surface area contributed by atoms with E-state index in [0.29, 0.717) is 0 Å². The summed E-state index contributed by atoms with van der Waals surface area (Å²) in [5, 5.41) is 10.5. The van der Waals surface area contributed by atoms with Gasteiger partial charge in [-0.25, -0.2) is 0 Å². The summed E-state index contributed by atoms with van der Waals surface area (Å²) < 4.78 is 6.07. The first-order chi connectivity index (χ1) is 15.9. The second-order valence-electron chi connectivity index (χ2n) is 10.2. The van der Waals surface area contributed by atoms with Gasteiger partial charge in [-0.3, -0.25) is 0 Å². The molecule has 1 aliphatic rings. The van der Waals surface area contributed by atoms with Crippen molar-refractivity contribution in [2.45, 2.75) is 103 Å². The summed E-state index contributed by atoms with van der Waals surface area (Å²) in [6.45, 7) is 10.5. The Hall–Kier alpha value is -1.84. The maximum absolute atomic E-state index is 10.5. The van der Waals surface area contributed by atoms with Gasteiger partial charge in [0.15, 0.2) is 0 Å². The van der Waals surface area contributed by atoms with Gasteiger partial charge in [0.05, 0.1) is 12.2 Å². The Morgan fingerprint density at radius 1 is 0.939 bits per heavy atom. The summed E-state index contributed by atoms with van der Waals surface area (Å²) >= 11 is 0. The third-order valence-corrected chi connectivity index (χ3v) is 8.08. The van der Waals surface area contributed by atoms with E-state index in [1.54, 1.807) is 0 Å². The van der Waals surface area contributed by atoms with Crippen LogP contribution in [0.1, 0.15) is 99.5 Å². The smallest absolute Gasteiger partial charge is 0.122 e. The van der Waals surface area contributed by atoms with Gasteiger partial charge in [-0.15, -0.1) is 0 Å². The number of aryl methyl sites for hydroxylation is 3.